The second-order valence-electron chi connectivity index (χ2n) is 14.0. The largest absolute Gasteiger partial charge is 0.455 e. The number of rotatable bonds is 9. The monoisotopic (exact) mass is 617 g/mol. The number of fused-ring (bicyclic) bond motifs is 2. The zero-order valence-electron chi connectivity index (χ0n) is 26.4. The van der Waals surface area contributed by atoms with E-state index in [0.29, 0.717) is 31.7 Å². The van der Waals surface area contributed by atoms with E-state index in [9.17, 15) is 20.1 Å². The van der Waals surface area contributed by atoms with Gasteiger partial charge in [-0.15, -0.1) is 0 Å². The minimum absolute atomic E-state index is 0.177. The Morgan fingerprint density at radius 1 is 1.00 bits per heavy atom. The van der Waals surface area contributed by atoms with Crippen molar-refractivity contribution in [2.45, 2.75) is 73.6 Å². The molecule has 3 N–H and O–H groups in total. The Morgan fingerprint density at radius 3 is 2.32 bits per heavy atom. The van der Waals surface area contributed by atoms with Crippen molar-refractivity contribution in [3.63, 3.8) is 0 Å². The van der Waals surface area contributed by atoms with Gasteiger partial charge in [-0.2, -0.15) is 0 Å². The number of nitrogens with zero attached hydrogens (tertiary/aromatic N) is 1. The molecule has 11 unspecified atom stereocenters. The van der Waals surface area contributed by atoms with Crippen molar-refractivity contribution in [1.29, 1.82) is 0 Å². The summed E-state index contributed by atoms with van der Waals surface area (Å²) in [6.45, 7) is 3.68. The molecule has 5 aliphatic carbocycles. The molecule has 0 radical (unpaired) electrons. The molecule has 7 rings (SSSR count). The van der Waals surface area contributed by atoms with Crippen LogP contribution in [-0.4, -0.2) is 135 Å². The van der Waals surface area contributed by atoms with Gasteiger partial charge in [0.1, 0.15) is 29.5 Å². The molecule has 11 heteroatoms. The molecule has 6 aliphatic rings. The lowest BCUT2D eigenvalue weighted by atomic mass is 9.42. The number of hydrogen-bond donors (Lipinski definition) is 3. The van der Waals surface area contributed by atoms with Gasteiger partial charge in [-0.1, -0.05) is 25.1 Å². The fourth-order valence-corrected chi connectivity index (χ4v) is 12.3. The van der Waals surface area contributed by atoms with E-state index in [4.69, 9.17) is 28.4 Å². The molecule has 1 aromatic rings. The highest BCUT2D eigenvalue weighted by atomic mass is 16.6. The van der Waals surface area contributed by atoms with E-state index in [-0.39, 0.29) is 24.3 Å². The van der Waals surface area contributed by atoms with E-state index < -0.39 is 76.5 Å². The summed E-state index contributed by atoms with van der Waals surface area (Å²) < 4.78 is 37.7. The summed E-state index contributed by atoms with van der Waals surface area (Å²) in [5, 5.41) is 37.1. The van der Waals surface area contributed by atoms with Gasteiger partial charge in [0.2, 0.25) is 0 Å². The fraction of sp³-hybridized carbons (Fsp3) is 0.788. The number of ether oxygens (including phenoxy) is 6. The predicted molar refractivity (Wildman–Crippen MR) is 156 cm³/mol. The highest BCUT2D eigenvalue weighted by molar-refractivity contribution is 5.89. The van der Waals surface area contributed by atoms with Crippen molar-refractivity contribution in [3.8, 4) is 0 Å². The van der Waals surface area contributed by atoms with Crippen LogP contribution in [-0.2, 0) is 28.4 Å². The highest BCUT2D eigenvalue weighted by Crippen LogP contribution is 2.80. The Labute approximate surface area is 258 Å². The van der Waals surface area contributed by atoms with Crippen LogP contribution in [0.15, 0.2) is 30.3 Å². The van der Waals surface area contributed by atoms with E-state index in [0.717, 1.165) is 0 Å². The lowest BCUT2D eigenvalue weighted by Crippen LogP contribution is -2.81. The SMILES string of the molecule is CCN1C[C@]2(COC)C(O)CC(OC)C34C5C[C@@]6(O)C(OC(=O)c7ccccc7)C5[C@@](OC)(C(C(OC)C32)C14)C(O)[C@@H]6OC. The Hall–Kier alpha value is -1.67. The number of aliphatic hydroxyl groups excluding tert-OH is 2. The van der Waals surface area contributed by atoms with Crippen molar-refractivity contribution in [1.82, 2.24) is 4.90 Å². The minimum Gasteiger partial charge on any atom is -0.455 e. The van der Waals surface area contributed by atoms with E-state index in [2.05, 4.69) is 11.8 Å². The summed E-state index contributed by atoms with van der Waals surface area (Å²) in [4.78, 5) is 16.1. The van der Waals surface area contributed by atoms with Gasteiger partial charge in [0.25, 0.3) is 0 Å². The Bertz CT molecular complexity index is 1270. The fourth-order valence-electron chi connectivity index (χ4n) is 12.3. The molecule has 0 amide bonds. The molecular weight excluding hydrogens is 570 g/mol. The quantitative estimate of drug-likeness (QED) is 0.339. The summed E-state index contributed by atoms with van der Waals surface area (Å²) in [5.74, 6) is -2.20. The van der Waals surface area contributed by atoms with Gasteiger partial charge in [0, 0.05) is 83.1 Å². The molecular formula is C33H47NO10. The number of carbonyl (C=O) groups is 1. The van der Waals surface area contributed by atoms with Gasteiger partial charge in [0.05, 0.1) is 30.5 Å². The number of methoxy groups -OCH3 is 5. The molecule has 1 aromatic carbocycles. The molecule has 11 nitrogen and oxygen atoms in total. The second-order valence-corrected chi connectivity index (χ2v) is 14.0. The van der Waals surface area contributed by atoms with E-state index in [1.54, 1.807) is 52.7 Å². The van der Waals surface area contributed by atoms with Crippen LogP contribution < -0.4 is 0 Å². The van der Waals surface area contributed by atoms with E-state index in [1.165, 1.54) is 7.11 Å². The van der Waals surface area contributed by atoms with Crippen molar-refractivity contribution >= 4 is 5.97 Å². The average molecular weight is 618 g/mol. The molecule has 1 aliphatic heterocycles. The number of esters is 1. The Balaban J connectivity index is 1.50. The average Bonchev–Trinajstić information content (AvgIpc) is 3.40. The van der Waals surface area contributed by atoms with Crippen molar-refractivity contribution in [3.05, 3.63) is 35.9 Å². The summed E-state index contributed by atoms with van der Waals surface area (Å²) in [7, 11) is 8.09. The van der Waals surface area contributed by atoms with Crippen LogP contribution >= 0.6 is 0 Å². The molecule has 1 heterocycles. The molecule has 244 valence electrons. The highest BCUT2D eigenvalue weighted by Gasteiger charge is 2.91. The maximum absolute atomic E-state index is 13.7. The predicted octanol–water partition coefficient (Wildman–Crippen LogP) is 0.731. The third-order valence-electron chi connectivity index (χ3n) is 13.2. The third kappa shape index (κ3) is 3.31. The molecule has 0 aromatic heterocycles. The zero-order valence-corrected chi connectivity index (χ0v) is 26.4. The van der Waals surface area contributed by atoms with Gasteiger partial charge in [0.15, 0.2) is 0 Å². The van der Waals surface area contributed by atoms with E-state index in [1.807, 2.05) is 6.07 Å². The maximum atomic E-state index is 13.7. The number of hydrogen-bond acceptors (Lipinski definition) is 11. The Kier molecular flexibility index (Phi) is 7.33. The van der Waals surface area contributed by atoms with Crippen LogP contribution in [0.3, 0.4) is 0 Å². The van der Waals surface area contributed by atoms with Crippen molar-refractivity contribution in [2.24, 2.45) is 34.5 Å². The van der Waals surface area contributed by atoms with Crippen LogP contribution in [0.1, 0.15) is 30.1 Å². The molecule has 1 saturated heterocycles. The molecule has 1 spiro atoms. The molecule has 5 saturated carbocycles. The first-order valence-corrected chi connectivity index (χ1v) is 15.8. The number of aliphatic hydroxyl groups is 3. The van der Waals surface area contributed by atoms with Crippen LogP contribution in [0.25, 0.3) is 0 Å². The number of carbonyl (C=O) groups excluding carboxylic acids is 1. The molecule has 6 fully saturated rings. The topological polar surface area (TPSA) is 136 Å². The summed E-state index contributed by atoms with van der Waals surface area (Å²) in [6.07, 6.45) is -4.42. The lowest BCUT2D eigenvalue weighted by Gasteiger charge is -2.70. The Morgan fingerprint density at radius 2 is 1.73 bits per heavy atom. The molecule has 15 atom stereocenters. The molecule has 7 bridgehead atoms. The van der Waals surface area contributed by atoms with Crippen LogP contribution in [0.5, 0.6) is 0 Å². The van der Waals surface area contributed by atoms with Gasteiger partial charge >= 0.3 is 5.97 Å². The van der Waals surface area contributed by atoms with Gasteiger partial charge in [-0.25, -0.2) is 4.79 Å². The van der Waals surface area contributed by atoms with Gasteiger partial charge in [-0.3, -0.25) is 4.90 Å². The second kappa shape index (κ2) is 10.4. The standard InChI is InChI=1S/C33H47NO10/c1-7-34-15-30(16-39-2)19(35)13-20(40-3)32-18-14-31(38)27(44-29(37)17-11-9-8-10-12-17)21(18)33(43-6,26(36)28(31)42-5)22(25(32)34)23(41-4)24(30)32/h8-12,18-28,35-36,38H,7,13-16H2,1-6H3/t18?,19?,20?,21?,22?,23?,24?,25?,26?,27?,28-,30-,31+,32?,33+/m0/s1. The smallest absolute Gasteiger partial charge is 0.338 e. The first-order chi connectivity index (χ1) is 21.1. The van der Waals surface area contributed by atoms with E-state index >= 15 is 0 Å². The molecule has 44 heavy (non-hydrogen) atoms. The van der Waals surface area contributed by atoms with Crippen molar-refractivity contribution in [2.75, 3.05) is 55.2 Å². The minimum atomic E-state index is -1.71. The summed E-state index contributed by atoms with van der Waals surface area (Å²) in [6, 6.07) is 8.55. The first-order valence-electron chi connectivity index (χ1n) is 15.8. The third-order valence-corrected chi connectivity index (χ3v) is 13.2. The summed E-state index contributed by atoms with van der Waals surface area (Å²) >= 11 is 0. The van der Waals surface area contributed by atoms with Gasteiger partial charge < -0.3 is 43.7 Å². The first kappa shape index (κ1) is 31.0. The number of likely N-dealkylation sites (tertiary alicyclic amines) is 1. The van der Waals surface area contributed by atoms with Crippen LogP contribution in [0, 0.1) is 34.5 Å². The van der Waals surface area contributed by atoms with Crippen LogP contribution in [0.4, 0.5) is 0 Å². The van der Waals surface area contributed by atoms with Crippen molar-refractivity contribution < 1.29 is 48.5 Å². The normalized spacial score (nSPS) is 51.8. The maximum Gasteiger partial charge on any atom is 0.338 e. The zero-order chi connectivity index (χ0) is 31.4. The van der Waals surface area contributed by atoms with Crippen LogP contribution in [0.2, 0.25) is 0 Å². The lowest BCUT2D eigenvalue weighted by molar-refractivity contribution is -0.325. The summed E-state index contributed by atoms with van der Waals surface area (Å²) in [5.41, 5.74) is -4.01. The number of piperidine rings is 1. The number of benzene rings is 1. The van der Waals surface area contributed by atoms with Gasteiger partial charge in [-0.05, 0) is 31.0 Å².